The third-order valence-corrected chi connectivity index (χ3v) is 6.92. The number of likely N-dealkylation sites (tertiary alicyclic amines) is 1. The molecule has 0 N–H and O–H groups in total. The van der Waals surface area contributed by atoms with Gasteiger partial charge in [0.1, 0.15) is 10.7 Å². The normalized spacial score (nSPS) is 25.0. The predicted molar refractivity (Wildman–Crippen MR) is 91.4 cm³/mol. The summed E-state index contributed by atoms with van der Waals surface area (Å²) in [4.78, 5) is 20.5. The Morgan fingerprint density at radius 3 is 2.86 bits per heavy atom. The molecule has 2 aliphatic rings. The fourth-order valence-corrected chi connectivity index (χ4v) is 5.44. The fraction of sp³-hybridized carbons (Fsp3) is 0.529. The first-order chi connectivity index (χ1) is 10.8. The Morgan fingerprint density at radius 1 is 1.18 bits per heavy atom. The van der Waals surface area contributed by atoms with Gasteiger partial charge in [0.15, 0.2) is 0 Å². The van der Waals surface area contributed by atoms with Crippen LogP contribution in [0, 0.1) is 11.8 Å². The summed E-state index contributed by atoms with van der Waals surface area (Å²) >= 11 is 3.25. The molecule has 2 atom stereocenters. The minimum absolute atomic E-state index is 0.128. The summed E-state index contributed by atoms with van der Waals surface area (Å²) in [5.41, 5.74) is 0.627. The lowest BCUT2D eigenvalue weighted by molar-refractivity contribution is 0.0516. The van der Waals surface area contributed by atoms with Gasteiger partial charge in [-0.3, -0.25) is 4.79 Å². The van der Waals surface area contributed by atoms with Gasteiger partial charge in [0.2, 0.25) is 0 Å². The maximum atomic E-state index is 12.7. The van der Waals surface area contributed by atoms with E-state index < -0.39 is 0 Å². The Bertz CT molecular complexity index is 649. The van der Waals surface area contributed by atoms with Gasteiger partial charge >= 0.3 is 0 Å². The van der Waals surface area contributed by atoms with E-state index >= 15 is 0 Å². The SMILES string of the molecule is O=C(c1csc(-c2cccs2)n1)N1CC[C@H]2CCCC[C@H]2C1. The topological polar surface area (TPSA) is 33.2 Å². The van der Waals surface area contributed by atoms with E-state index in [1.807, 2.05) is 21.7 Å². The zero-order chi connectivity index (χ0) is 14.9. The predicted octanol–water partition coefficient (Wildman–Crippen LogP) is 4.52. The molecule has 3 nitrogen and oxygen atoms in total. The second-order valence-electron chi connectivity index (χ2n) is 6.36. The maximum absolute atomic E-state index is 12.7. The number of piperidine rings is 1. The van der Waals surface area contributed by atoms with E-state index in [-0.39, 0.29) is 5.91 Å². The number of hydrogen-bond acceptors (Lipinski definition) is 4. The Morgan fingerprint density at radius 2 is 2.05 bits per heavy atom. The minimum Gasteiger partial charge on any atom is -0.337 e. The van der Waals surface area contributed by atoms with E-state index in [1.165, 1.54) is 32.1 Å². The van der Waals surface area contributed by atoms with Crippen LogP contribution in [0.1, 0.15) is 42.6 Å². The van der Waals surface area contributed by atoms with E-state index in [2.05, 4.69) is 11.1 Å². The highest BCUT2D eigenvalue weighted by Gasteiger charge is 2.33. The van der Waals surface area contributed by atoms with Crippen molar-refractivity contribution in [2.75, 3.05) is 13.1 Å². The fourth-order valence-electron chi connectivity index (χ4n) is 3.83. The van der Waals surface area contributed by atoms with E-state index in [1.54, 1.807) is 22.7 Å². The van der Waals surface area contributed by atoms with E-state index in [9.17, 15) is 4.79 Å². The summed E-state index contributed by atoms with van der Waals surface area (Å²) in [6.07, 6.45) is 6.56. The minimum atomic E-state index is 0.128. The number of nitrogens with zero attached hydrogens (tertiary/aromatic N) is 2. The zero-order valence-corrected chi connectivity index (χ0v) is 14.2. The van der Waals surface area contributed by atoms with Gasteiger partial charge in [0.05, 0.1) is 4.88 Å². The molecule has 0 aromatic carbocycles. The van der Waals surface area contributed by atoms with Gasteiger partial charge in [0, 0.05) is 18.5 Å². The monoisotopic (exact) mass is 332 g/mol. The Hall–Kier alpha value is -1.20. The molecule has 1 aliphatic heterocycles. The van der Waals surface area contributed by atoms with Crippen LogP contribution in [0.5, 0.6) is 0 Å². The summed E-state index contributed by atoms with van der Waals surface area (Å²) in [6, 6.07) is 4.09. The first-order valence-corrected chi connectivity index (χ1v) is 9.86. The van der Waals surface area contributed by atoms with E-state index in [0.717, 1.165) is 34.8 Å². The summed E-state index contributed by atoms with van der Waals surface area (Å²) in [7, 11) is 0. The number of aromatic nitrogens is 1. The standard InChI is InChI=1S/C17H20N2OS2/c20-17(14-11-22-16(18-14)15-6-3-9-21-15)19-8-7-12-4-1-2-5-13(12)10-19/h3,6,9,11-13H,1-2,4-5,7-8,10H2/t12-,13+/m1/s1. The van der Waals surface area contributed by atoms with Crippen molar-refractivity contribution >= 4 is 28.6 Å². The molecule has 0 unspecified atom stereocenters. The van der Waals surface area contributed by atoms with Gasteiger partial charge in [-0.2, -0.15) is 0 Å². The highest BCUT2D eigenvalue weighted by atomic mass is 32.1. The average molecular weight is 332 g/mol. The highest BCUT2D eigenvalue weighted by molar-refractivity contribution is 7.20. The van der Waals surface area contributed by atoms with Crippen LogP contribution < -0.4 is 0 Å². The van der Waals surface area contributed by atoms with Crippen molar-refractivity contribution in [3.05, 3.63) is 28.6 Å². The molecule has 116 valence electrons. The Balaban J connectivity index is 1.48. The van der Waals surface area contributed by atoms with Crippen LogP contribution in [0.15, 0.2) is 22.9 Å². The third-order valence-electron chi connectivity index (χ3n) is 5.03. The highest BCUT2D eigenvalue weighted by Crippen LogP contribution is 2.36. The molecule has 2 fully saturated rings. The molecule has 1 aliphatic carbocycles. The molecule has 2 aromatic rings. The molecular weight excluding hydrogens is 312 g/mol. The lowest BCUT2D eigenvalue weighted by atomic mass is 9.75. The van der Waals surface area contributed by atoms with Crippen molar-refractivity contribution in [1.29, 1.82) is 0 Å². The molecule has 0 bridgehead atoms. The smallest absolute Gasteiger partial charge is 0.273 e. The number of fused-ring (bicyclic) bond motifs is 1. The summed E-state index contributed by atoms with van der Waals surface area (Å²) in [5, 5.41) is 4.93. The van der Waals surface area contributed by atoms with Gasteiger partial charge < -0.3 is 4.90 Å². The second-order valence-corrected chi connectivity index (χ2v) is 8.17. The number of hydrogen-bond donors (Lipinski definition) is 0. The second kappa shape index (κ2) is 6.13. The number of carbonyl (C=O) groups is 1. The van der Waals surface area contributed by atoms with Crippen LogP contribution in [0.25, 0.3) is 9.88 Å². The number of rotatable bonds is 2. The van der Waals surface area contributed by atoms with Crippen LogP contribution in [0.4, 0.5) is 0 Å². The van der Waals surface area contributed by atoms with Gasteiger partial charge in [-0.15, -0.1) is 22.7 Å². The molecule has 2 aromatic heterocycles. The number of thiazole rings is 1. The molecule has 1 saturated carbocycles. The molecule has 1 saturated heterocycles. The molecule has 4 rings (SSSR count). The average Bonchev–Trinajstić information content (AvgIpc) is 3.24. The Labute approximate surface area is 139 Å². The quantitative estimate of drug-likeness (QED) is 0.810. The van der Waals surface area contributed by atoms with Crippen LogP contribution in [-0.4, -0.2) is 28.9 Å². The third kappa shape index (κ3) is 2.72. The van der Waals surface area contributed by atoms with Gasteiger partial charge in [0.25, 0.3) is 5.91 Å². The largest absolute Gasteiger partial charge is 0.337 e. The van der Waals surface area contributed by atoms with Crippen molar-refractivity contribution in [1.82, 2.24) is 9.88 Å². The van der Waals surface area contributed by atoms with Gasteiger partial charge in [-0.1, -0.05) is 25.3 Å². The number of thiophene rings is 1. The van der Waals surface area contributed by atoms with Crippen molar-refractivity contribution < 1.29 is 4.79 Å². The van der Waals surface area contributed by atoms with Crippen molar-refractivity contribution in [3.63, 3.8) is 0 Å². The Kier molecular flexibility index (Phi) is 4.01. The number of amides is 1. The molecular formula is C17H20N2OS2. The van der Waals surface area contributed by atoms with Crippen LogP contribution in [-0.2, 0) is 0 Å². The van der Waals surface area contributed by atoms with Crippen molar-refractivity contribution in [3.8, 4) is 9.88 Å². The maximum Gasteiger partial charge on any atom is 0.273 e. The molecule has 5 heteroatoms. The first kappa shape index (κ1) is 14.4. The van der Waals surface area contributed by atoms with Crippen LogP contribution >= 0.6 is 22.7 Å². The summed E-state index contributed by atoms with van der Waals surface area (Å²) in [5.74, 6) is 1.71. The molecule has 22 heavy (non-hydrogen) atoms. The van der Waals surface area contributed by atoms with Crippen molar-refractivity contribution in [2.24, 2.45) is 11.8 Å². The van der Waals surface area contributed by atoms with E-state index in [4.69, 9.17) is 0 Å². The van der Waals surface area contributed by atoms with E-state index in [0.29, 0.717) is 5.69 Å². The molecule has 0 radical (unpaired) electrons. The van der Waals surface area contributed by atoms with Crippen molar-refractivity contribution in [2.45, 2.75) is 32.1 Å². The molecule has 3 heterocycles. The van der Waals surface area contributed by atoms with Crippen LogP contribution in [0.3, 0.4) is 0 Å². The summed E-state index contributed by atoms with van der Waals surface area (Å²) in [6.45, 7) is 1.85. The lowest BCUT2D eigenvalue weighted by Gasteiger charge is -2.41. The van der Waals surface area contributed by atoms with Crippen LogP contribution in [0.2, 0.25) is 0 Å². The molecule has 0 spiro atoms. The van der Waals surface area contributed by atoms with Gasteiger partial charge in [-0.25, -0.2) is 4.98 Å². The van der Waals surface area contributed by atoms with Gasteiger partial charge in [-0.05, 0) is 36.1 Å². The lowest BCUT2D eigenvalue weighted by Crippen LogP contribution is -2.44. The number of carbonyl (C=O) groups excluding carboxylic acids is 1. The summed E-state index contributed by atoms with van der Waals surface area (Å²) < 4.78 is 0. The molecule has 1 amide bonds. The first-order valence-electron chi connectivity index (χ1n) is 8.10. The zero-order valence-electron chi connectivity index (χ0n) is 12.5.